The Hall–Kier alpha value is -0.770. The molecule has 0 aromatic rings. The van der Waals surface area contributed by atoms with Gasteiger partial charge in [0.2, 0.25) is 0 Å². The second kappa shape index (κ2) is 5.86. The predicted octanol–water partition coefficient (Wildman–Crippen LogP) is 2.37. The maximum absolute atomic E-state index is 10.7. The Morgan fingerprint density at radius 3 is 2.43 bits per heavy atom. The standard InChI is InChI=1S/C9H17ClN2O2/c1-9(2,3)5-7(6-10)12-14-8(13)11-4/h5-6H2,1-4H3,(H,11,13). The minimum atomic E-state index is -0.582. The van der Waals surface area contributed by atoms with Crippen molar-refractivity contribution >= 4 is 23.4 Å². The molecule has 1 amide bonds. The van der Waals surface area contributed by atoms with Crippen molar-refractivity contribution in [1.82, 2.24) is 5.32 Å². The Labute approximate surface area is 89.6 Å². The van der Waals surface area contributed by atoms with Crippen LogP contribution in [0.5, 0.6) is 0 Å². The van der Waals surface area contributed by atoms with E-state index in [-0.39, 0.29) is 11.3 Å². The van der Waals surface area contributed by atoms with Crippen LogP contribution in [0.2, 0.25) is 0 Å². The Balaban J connectivity index is 4.19. The van der Waals surface area contributed by atoms with Gasteiger partial charge in [-0.3, -0.25) is 4.84 Å². The number of halogens is 1. The number of hydrogen-bond acceptors (Lipinski definition) is 3. The second-order valence-electron chi connectivity index (χ2n) is 4.16. The average Bonchev–Trinajstić information content (AvgIpc) is 2.09. The third-order valence-electron chi connectivity index (χ3n) is 1.35. The molecule has 0 saturated carbocycles. The lowest BCUT2D eigenvalue weighted by atomic mass is 9.90. The Kier molecular flexibility index (Phi) is 5.53. The summed E-state index contributed by atoms with van der Waals surface area (Å²) in [5, 5.41) is 5.97. The lowest BCUT2D eigenvalue weighted by Crippen LogP contribution is -2.19. The number of carbonyl (C=O) groups excluding carboxylic acids is 1. The molecule has 0 rings (SSSR count). The lowest BCUT2D eigenvalue weighted by Gasteiger charge is -2.17. The molecule has 0 fully saturated rings. The lowest BCUT2D eigenvalue weighted by molar-refractivity contribution is 0.152. The molecule has 0 aliphatic carbocycles. The highest BCUT2D eigenvalue weighted by atomic mass is 35.5. The van der Waals surface area contributed by atoms with Crippen LogP contribution in [0, 0.1) is 5.41 Å². The van der Waals surface area contributed by atoms with Gasteiger partial charge >= 0.3 is 6.09 Å². The van der Waals surface area contributed by atoms with Crippen molar-refractivity contribution < 1.29 is 9.63 Å². The zero-order valence-corrected chi connectivity index (χ0v) is 9.81. The first-order valence-electron chi connectivity index (χ1n) is 4.39. The molecule has 1 N–H and O–H groups in total. The summed E-state index contributed by atoms with van der Waals surface area (Å²) in [5.41, 5.74) is 0.752. The third-order valence-corrected chi connectivity index (χ3v) is 1.66. The summed E-state index contributed by atoms with van der Waals surface area (Å²) in [4.78, 5) is 15.3. The van der Waals surface area contributed by atoms with Crippen molar-refractivity contribution in [2.45, 2.75) is 27.2 Å². The summed E-state index contributed by atoms with van der Waals surface area (Å²) in [6.45, 7) is 6.19. The molecule has 82 valence electrons. The molecule has 0 bridgehead atoms. The molecule has 0 aromatic carbocycles. The van der Waals surface area contributed by atoms with Gasteiger partial charge in [0.15, 0.2) is 0 Å². The van der Waals surface area contributed by atoms with Crippen molar-refractivity contribution in [2.24, 2.45) is 10.6 Å². The number of oxime groups is 1. The number of rotatable bonds is 3. The Morgan fingerprint density at radius 2 is 2.07 bits per heavy atom. The van der Waals surface area contributed by atoms with Crippen LogP contribution < -0.4 is 5.32 Å². The smallest absolute Gasteiger partial charge is 0.323 e. The van der Waals surface area contributed by atoms with Crippen LogP contribution in [0.15, 0.2) is 5.16 Å². The highest BCUT2D eigenvalue weighted by Crippen LogP contribution is 2.19. The molecule has 4 nitrogen and oxygen atoms in total. The quantitative estimate of drug-likeness (QED) is 0.344. The van der Waals surface area contributed by atoms with Gasteiger partial charge in [-0.25, -0.2) is 4.79 Å². The van der Waals surface area contributed by atoms with E-state index in [0.29, 0.717) is 12.1 Å². The second-order valence-corrected chi connectivity index (χ2v) is 4.42. The number of nitrogens with one attached hydrogen (secondary N) is 1. The molecule has 0 aliphatic heterocycles. The van der Waals surface area contributed by atoms with Crippen LogP contribution in [-0.4, -0.2) is 24.7 Å². The Bertz CT molecular complexity index is 221. The van der Waals surface area contributed by atoms with Gasteiger partial charge < -0.3 is 5.32 Å². The number of alkyl halides is 1. The summed E-state index contributed by atoms with van der Waals surface area (Å²) in [5.74, 6) is 0.272. The van der Waals surface area contributed by atoms with Crippen molar-refractivity contribution in [3.63, 3.8) is 0 Å². The molecule has 0 saturated heterocycles. The normalized spacial score (nSPS) is 12.5. The highest BCUT2D eigenvalue weighted by molar-refractivity contribution is 6.28. The van der Waals surface area contributed by atoms with E-state index in [1.54, 1.807) is 0 Å². The molecular formula is C9H17ClN2O2. The number of hydrogen-bond donors (Lipinski definition) is 1. The van der Waals surface area contributed by atoms with Crippen LogP contribution in [0.1, 0.15) is 27.2 Å². The van der Waals surface area contributed by atoms with Gasteiger partial charge in [0.25, 0.3) is 0 Å². The largest absolute Gasteiger partial charge is 0.433 e. The van der Waals surface area contributed by atoms with Gasteiger partial charge in [0.05, 0.1) is 11.6 Å². The topological polar surface area (TPSA) is 50.7 Å². The molecule has 14 heavy (non-hydrogen) atoms. The molecule has 0 heterocycles. The number of amides is 1. The van der Waals surface area contributed by atoms with E-state index in [2.05, 4.69) is 36.1 Å². The number of carbonyl (C=O) groups is 1. The van der Waals surface area contributed by atoms with E-state index in [9.17, 15) is 4.79 Å². The van der Waals surface area contributed by atoms with E-state index in [1.165, 1.54) is 7.05 Å². The molecule has 5 heteroatoms. The van der Waals surface area contributed by atoms with E-state index >= 15 is 0 Å². The van der Waals surface area contributed by atoms with Gasteiger partial charge in [-0.1, -0.05) is 25.9 Å². The van der Waals surface area contributed by atoms with Gasteiger partial charge in [0.1, 0.15) is 0 Å². The first-order valence-corrected chi connectivity index (χ1v) is 4.93. The van der Waals surface area contributed by atoms with Crippen LogP contribution in [-0.2, 0) is 4.84 Å². The maximum Gasteiger partial charge on any atom is 0.433 e. The molecule has 0 atom stereocenters. The van der Waals surface area contributed by atoms with Crippen molar-refractivity contribution in [3.8, 4) is 0 Å². The highest BCUT2D eigenvalue weighted by Gasteiger charge is 2.14. The van der Waals surface area contributed by atoms with Crippen molar-refractivity contribution in [1.29, 1.82) is 0 Å². The first kappa shape index (κ1) is 13.2. The fraction of sp³-hybridized carbons (Fsp3) is 0.778. The molecule has 0 spiro atoms. The van der Waals surface area contributed by atoms with E-state index in [0.717, 1.165) is 0 Å². The van der Waals surface area contributed by atoms with E-state index in [1.807, 2.05) is 0 Å². The third kappa shape index (κ3) is 6.71. The Morgan fingerprint density at radius 1 is 1.50 bits per heavy atom. The SMILES string of the molecule is CNC(=O)ON=C(CCl)CC(C)(C)C. The average molecular weight is 221 g/mol. The molecule has 0 radical (unpaired) electrons. The summed E-state index contributed by atoms with van der Waals surface area (Å²) in [6, 6.07) is 0. The fourth-order valence-electron chi connectivity index (χ4n) is 0.868. The molecule has 0 unspecified atom stereocenters. The maximum atomic E-state index is 10.7. The summed E-state index contributed by atoms with van der Waals surface area (Å²) in [7, 11) is 1.47. The fourth-order valence-corrected chi connectivity index (χ4v) is 1.01. The zero-order chi connectivity index (χ0) is 11.2. The minimum absolute atomic E-state index is 0.0831. The summed E-state index contributed by atoms with van der Waals surface area (Å²) < 4.78 is 0. The zero-order valence-electron chi connectivity index (χ0n) is 9.06. The minimum Gasteiger partial charge on any atom is -0.323 e. The number of nitrogens with zero attached hydrogens (tertiary/aromatic N) is 1. The molecular weight excluding hydrogens is 204 g/mol. The summed E-state index contributed by atoms with van der Waals surface area (Å²) in [6.07, 6.45) is 0.120. The van der Waals surface area contributed by atoms with E-state index in [4.69, 9.17) is 11.6 Å². The van der Waals surface area contributed by atoms with Gasteiger partial charge in [0, 0.05) is 7.05 Å². The predicted molar refractivity (Wildman–Crippen MR) is 57.8 cm³/mol. The van der Waals surface area contributed by atoms with Crippen LogP contribution in [0.25, 0.3) is 0 Å². The molecule has 0 aliphatic rings. The monoisotopic (exact) mass is 220 g/mol. The van der Waals surface area contributed by atoms with Crippen molar-refractivity contribution in [2.75, 3.05) is 12.9 Å². The van der Waals surface area contributed by atoms with E-state index < -0.39 is 6.09 Å². The first-order chi connectivity index (χ1) is 6.39. The van der Waals surface area contributed by atoms with Gasteiger partial charge in [-0.15, -0.1) is 11.6 Å². The van der Waals surface area contributed by atoms with Crippen LogP contribution in [0.4, 0.5) is 4.79 Å². The van der Waals surface area contributed by atoms with Crippen LogP contribution in [0.3, 0.4) is 0 Å². The summed E-state index contributed by atoms with van der Waals surface area (Å²) >= 11 is 5.66. The van der Waals surface area contributed by atoms with Crippen LogP contribution >= 0.6 is 11.6 Å². The van der Waals surface area contributed by atoms with Gasteiger partial charge in [-0.2, -0.15) is 0 Å². The molecule has 0 aromatic heterocycles. The van der Waals surface area contributed by atoms with Crippen molar-refractivity contribution in [3.05, 3.63) is 0 Å². The van der Waals surface area contributed by atoms with Gasteiger partial charge in [-0.05, 0) is 11.8 Å².